The number of benzene rings is 1. The second-order valence-electron chi connectivity index (χ2n) is 3.23. The summed E-state index contributed by atoms with van der Waals surface area (Å²) in [6, 6.07) is 3.57. The van der Waals surface area contributed by atoms with Crippen molar-refractivity contribution in [3.8, 4) is 11.5 Å². The number of hydrogen-bond donors (Lipinski definition) is 0. The molecule has 0 atom stereocenters. The predicted molar refractivity (Wildman–Crippen MR) is 52.2 cm³/mol. The monoisotopic (exact) mass is 192 g/mol. The van der Waals surface area contributed by atoms with Gasteiger partial charge in [0.1, 0.15) is 11.5 Å². The van der Waals surface area contributed by atoms with Crippen molar-refractivity contribution in [3.63, 3.8) is 0 Å². The smallest absolute Gasteiger partial charge is 0.153 e. The van der Waals surface area contributed by atoms with Crippen LogP contribution in [-0.2, 0) is 6.42 Å². The van der Waals surface area contributed by atoms with Crippen LogP contribution in [0.2, 0.25) is 0 Å². The molecule has 1 aliphatic heterocycles. The molecule has 0 N–H and O–H groups in total. The third-order valence-corrected chi connectivity index (χ3v) is 2.41. The number of aldehydes is 1. The molecular weight excluding hydrogens is 180 g/mol. The quantitative estimate of drug-likeness (QED) is 0.670. The van der Waals surface area contributed by atoms with Crippen LogP contribution >= 0.6 is 0 Å². The summed E-state index contributed by atoms with van der Waals surface area (Å²) in [6.07, 6.45) is 2.71. The number of rotatable bonds is 2. The highest BCUT2D eigenvalue weighted by Crippen LogP contribution is 2.34. The molecule has 3 heteroatoms. The van der Waals surface area contributed by atoms with Crippen molar-refractivity contribution in [1.29, 1.82) is 0 Å². The Morgan fingerprint density at radius 1 is 1.50 bits per heavy atom. The first-order valence-electron chi connectivity index (χ1n) is 4.64. The number of carbonyl (C=O) groups excluding carboxylic acids is 1. The Morgan fingerprint density at radius 3 is 3.07 bits per heavy atom. The molecule has 0 amide bonds. The number of fused-ring (bicyclic) bond motifs is 1. The Hall–Kier alpha value is -1.51. The van der Waals surface area contributed by atoms with Crippen molar-refractivity contribution in [2.24, 2.45) is 0 Å². The second-order valence-corrected chi connectivity index (χ2v) is 3.23. The van der Waals surface area contributed by atoms with Gasteiger partial charge in [-0.15, -0.1) is 0 Å². The standard InChI is InChI=1S/C11H12O3/c1-13-11-8(7-12)4-5-10-9(11)3-2-6-14-10/h4-5,7H,2-3,6H2,1H3. The van der Waals surface area contributed by atoms with Gasteiger partial charge in [-0.2, -0.15) is 0 Å². The van der Waals surface area contributed by atoms with Crippen LogP contribution in [0.3, 0.4) is 0 Å². The molecule has 2 rings (SSSR count). The molecule has 0 aromatic heterocycles. The van der Waals surface area contributed by atoms with E-state index >= 15 is 0 Å². The Morgan fingerprint density at radius 2 is 2.36 bits per heavy atom. The average molecular weight is 192 g/mol. The number of hydrogen-bond acceptors (Lipinski definition) is 3. The van der Waals surface area contributed by atoms with Crippen LogP contribution in [0.5, 0.6) is 11.5 Å². The maximum Gasteiger partial charge on any atom is 0.153 e. The van der Waals surface area contributed by atoms with E-state index in [2.05, 4.69) is 0 Å². The molecular formula is C11H12O3. The van der Waals surface area contributed by atoms with Gasteiger partial charge in [-0.05, 0) is 25.0 Å². The van der Waals surface area contributed by atoms with Gasteiger partial charge < -0.3 is 9.47 Å². The molecule has 1 aromatic carbocycles. The summed E-state index contributed by atoms with van der Waals surface area (Å²) in [4.78, 5) is 10.8. The first kappa shape index (κ1) is 9.06. The highest BCUT2D eigenvalue weighted by molar-refractivity contribution is 5.81. The van der Waals surface area contributed by atoms with E-state index in [1.54, 1.807) is 13.2 Å². The van der Waals surface area contributed by atoms with Crippen molar-refractivity contribution in [1.82, 2.24) is 0 Å². The van der Waals surface area contributed by atoms with E-state index in [0.717, 1.165) is 37.0 Å². The van der Waals surface area contributed by atoms with Crippen LogP contribution in [-0.4, -0.2) is 20.0 Å². The minimum absolute atomic E-state index is 0.594. The number of methoxy groups -OCH3 is 1. The zero-order chi connectivity index (χ0) is 9.97. The lowest BCUT2D eigenvalue weighted by Crippen LogP contribution is -2.10. The molecule has 0 bridgehead atoms. The molecule has 0 radical (unpaired) electrons. The molecule has 1 aromatic rings. The van der Waals surface area contributed by atoms with Crippen molar-refractivity contribution in [3.05, 3.63) is 23.3 Å². The minimum atomic E-state index is 0.594. The molecule has 1 aliphatic rings. The minimum Gasteiger partial charge on any atom is -0.496 e. The lowest BCUT2D eigenvalue weighted by molar-refractivity contribution is 0.112. The molecule has 0 saturated carbocycles. The summed E-state index contributed by atoms with van der Waals surface area (Å²) in [5.41, 5.74) is 1.61. The predicted octanol–water partition coefficient (Wildman–Crippen LogP) is 1.83. The first-order valence-corrected chi connectivity index (χ1v) is 4.64. The molecule has 14 heavy (non-hydrogen) atoms. The SMILES string of the molecule is COc1c(C=O)ccc2c1CCCO2. The summed E-state index contributed by atoms with van der Waals surface area (Å²) in [6.45, 7) is 0.747. The van der Waals surface area contributed by atoms with Gasteiger partial charge in [0.2, 0.25) is 0 Å². The van der Waals surface area contributed by atoms with Gasteiger partial charge in [0.05, 0.1) is 19.3 Å². The Balaban J connectivity index is 2.55. The zero-order valence-electron chi connectivity index (χ0n) is 8.08. The molecule has 0 fully saturated rings. The van der Waals surface area contributed by atoms with Crippen molar-refractivity contribution in [2.45, 2.75) is 12.8 Å². The number of ether oxygens (including phenoxy) is 2. The van der Waals surface area contributed by atoms with Crippen LogP contribution in [0.15, 0.2) is 12.1 Å². The van der Waals surface area contributed by atoms with Crippen LogP contribution in [0.25, 0.3) is 0 Å². The fourth-order valence-corrected chi connectivity index (χ4v) is 1.76. The molecule has 0 saturated heterocycles. The first-order chi connectivity index (χ1) is 6.86. The Bertz CT molecular complexity index is 358. The van der Waals surface area contributed by atoms with Crippen molar-refractivity contribution in [2.75, 3.05) is 13.7 Å². The third kappa shape index (κ3) is 1.35. The van der Waals surface area contributed by atoms with Gasteiger partial charge >= 0.3 is 0 Å². The van der Waals surface area contributed by atoms with Gasteiger partial charge in [0, 0.05) is 5.56 Å². The third-order valence-electron chi connectivity index (χ3n) is 2.41. The van der Waals surface area contributed by atoms with E-state index in [9.17, 15) is 4.79 Å². The van der Waals surface area contributed by atoms with E-state index in [0.29, 0.717) is 11.3 Å². The van der Waals surface area contributed by atoms with Crippen molar-refractivity contribution < 1.29 is 14.3 Å². The van der Waals surface area contributed by atoms with E-state index in [1.807, 2.05) is 6.07 Å². The van der Waals surface area contributed by atoms with Crippen LogP contribution in [0.4, 0.5) is 0 Å². The molecule has 0 unspecified atom stereocenters. The summed E-state index contributed by atoms with van der Waals surface area (Å²) in [7, 11) is 1.58. The Labute approximate surface area is 82.6 Å². The lowest BCUT2D eigenvalue weighted by Gasteiger charge is -2.20. The maximum absolute atomic E-state index is 10.8. The fraction of sp³-hybridized carbons (Fsp3) is 0.364. The van der Waals surface area contributed by atoms with Gasteiger partial charge in [-0.3, -0.25) is 4.79 Å². The second kappa shape index (κ2) is 3.70. The van der Waals surface area contributed by atoms with E-state index < -0.39 is 0 Å². The average Bonchev–Trinajstić information content (AvgIpc) is 2.27. The van der Waals surface area contributed by atoms with Crippen LogP contribution in [0.1, 0.15) is 22.3 Å². The van der Waals surface area contributed by atoms with Gasteiger partial charge in [-0.25, -0.2) is 0 Å². The Kier molecular flexibility index (Phi) is 2.39. The van der Waals surface area contributed by atoms with Crippen LogP contribution < -0.4 is 9.47 Å². The van der Waals surface area contributed by atoms with E-state index in [4.69, 9.17) is 9.47 Å². The summed E-state index contributed by atoms with van der Waals surface area (Å²) in [5, 5.41) is 0. The van der Waals surface area contributed by atoms with Gasteiger partial charge in [0.25, 0.3) is 0 Å². The topological polar surface area (TPSA) is 35.5 Å². The molecule has 3 nitrogen and oxygen atoms in total. The molecule has 0 spiro atoms. The highest BCUT2D eigenvalue weighted by Gasteiger charge is 2.17. The summed E-state index contributed by atoms with van der Waals surface area (Å²) < 4.78 is 10.7. The summed E-state index contributed by atoms with van der Waals surface area (Å²) in [5.74, 6) is 1.51. The van der Waals surface area contributed by atoms with E-state index in [-0.39, 0.29) is 0 Å². The largest absolute Gasteiger partial charge is 0.496 e. The molecule has 0 aliphatic carbocycles. The summed E-state index contributed by atoms with van der Waals surface area (Å²) >= 11 is 0. The van der Waals surface area contributed by atoms with Crippen LogP contribution in [0, 0.1) is 0 Å². The van der Waals surface area contributed by atoms with Crippen molar-refractivity contribution >= 4 is 6.29 Å². The lowest BCUT2D eigenvalue weighted by atomic mass is 10.0. The molecule has 74 valence electrons. The molecule has 1 heterocycles. The normalized spacial score (nSPS) is 14.1. The zero-order valence-corrected chi connectivity index (χ0v) is 8.08. The number of carbonyl (C=O) groups is 1. The maximum atomic E-state index is 10.8. The highest BCUT2D eigenvalue weighted by atomic mass is 16.5. The van der Waals surface area contributed by atoms with Gasteiger partial charge in [-0.1, -0.05) is 0 Å². The van der Waals surface area contributed by atoms with E-state index in [1.165, 1.54) is 0 Å². The fourth-order valence-electron chi connectivity index (χ4n) is 1.76. The van der Waals surface area contributed by atoms with Gasteiger partial charge in [0.15, 0.2) is 6.29 Å².